The first kappa shape index (κ1) is 19.7. The van der Waals surface area contributed by atoms with Crippen molar-refractivity contribution in [1.82, 2.24) is 10.3 Å². The van der Waals surface area contributed by atoms with Crippen LogP contribution in [0, 0.1) is 0 Å². The second kappa shape index (κ2) is 9.27. The lowest BCUT2D eigenvalue weighted by Gasteiger charge is -2.14. The quantitative estimate of drug-likeness (QED) is 0.424. The number of ether oxygens (including phenoxy) is 2. The van der Waals surface area contributed by atoms with Gasteiger partial charge in [-0.25, -0.2) is 0 Å². The number of aromatic nitrogens is 1. The summed E-state index contributed by atoms with van der Waals surface area (Å²) in [6.07, 6.45) is 2.44. The maximum Gasteiger partial charge on any atom is 0.255 e. The number of hydrogen-bond donors (Lipinski definition) is 1. The van der Waals surface area contributed by atoms with Crippen LogP contribution >= 0.6 is 0 Å². The summed E-state index contributed by atoms with van der Waals surface area (Å²) < 4.78 is 11.6. The zero-order valence-corrected chi connectivity index (χ0v) is 16.9. The van der Waals surface area contributed by atoms with E-state index in [1.165, 1.54) is 0 Å². The van der Waals surface area contributed by atoms with E-state index in [1.54, 1.807) is 6.20 Å². The summed E-state index contributed by atoms with van der Waals surface area (Å²) in [6, 6.07) is 21.5. The molecule has 4 rings (SSSR count). The van der Waals surface area contributed by atoms with E-state index in [-0.39, 0.29) is 5.91 Å². The summed E-state index contributed by atoms with van der Waals surface area (Å²) in [5.74, 6) is 1.22. The molecule has 1 aromatic heterocycles. The highest BCUT2D eigenvalue weighted by Gasteiger charge is 2.16. The number of nitrogens with zero attached hydrogens (tertiary/aromatic N) is 1. The number of nitrogens with one attached hydrogen (secondary N) is 1. The van der Waals surface area contributed by atoms with Gasteiger partial charge in [0.1, 0.15) is 17.0 Å². The Bertz CT molecular complexity index is 1170. The van der Waals surface area contributed by atoms with Gasteiger partial charge in [0, 0.05) is 18.1 Å². The van der Waals surface area contributed by atoms with Crippen molar-refractivity contribution >= 4 is 27.6 Å². The smallest absolute Gasteiger partial charge is 0.255 e. The Balaban J connectivity index is 1.39. The fourth-order valence-corrected chi connectivity index (χ4v) is 3.50. The molecule has 3 aromatic carbocycles. The van der Waals surface area contributed by atoms with Gasteiger partial charge in [-0.1, -0.05) is 48.5 Å². The van der Waals surface area contributed by atoms with E-state index >= 15 is 0 Å². The summed E-state index contributed by atoms with van der Waals surface area (Å²) in [5, 5.41) is 5.94. The average molecular weight is 400 g/mol. The maximum atomic E-state index is 12.9. The molecular weight excluding hydrogens is 376 g/mol. The number of hydrogen-bond acceptors (Lipinski definition) is 4. The van der Waals surface area contributed by atoms with Crippen LogP contribution in [0.1, 0.15) is 23.7 Å². The summed E-state index contributed by atoms with van der Waals surface area (Å²) in [6.45, 7) is 3.41. The van der Waals surface area contributed by atoms with E-state index in [4.69, 9.17) is 9.47 Å². The maximum absolute atomic E-state index is 12.9. The number of para-hydroxylation sites is 1. The lowest BCUT2D eigenvalue weighted by molar-refractivity contribution is 0.0949. The highest BCUT2D eigenvalue weighted by atomic mass is 16.5. The highest BCUT2D eigenvalue weighted by molar-refractivity contribution is 6.09. The van der Waals surface area contributed by atoms with Crippen molar-refractivity contribution in [3.8, 4) is 11.5 Å². The van der Waals surface area contributed by atoms with E-state index in [0.717, 1.165) is 27.4 Å². The minimum Gasteiger partial charge on any atom is -0.493 e. The lowest BCUT2D eigenvalue weighted by Crippen LogP contribution is -2.26. The fourth-order valence-electron chi connectivity index (χ4n) is 3.50. The molecule has 0 bridgehead atoms. The van der Waals surface area contributed by atoms with Crippen LogP contribution in [-0.2, 0) is 0 Å². The van der Waals surface area contributed by atoms with Gasteiger partial charge < -0.3 is 14.8 Å². The van der Waals surface area contributed by atoms with Crippen molar-refractivity contribution in [3.05, 3.63) is 78.5 Å². The normalized spacial score (nSPS) is 10.8. The van der Waals surface area contributed by atoms with Gasteiger partial charge in [0.15, 0.2) is 0 Å². The molecule has 0 unspecified atom stereocenters. The lowest BCUT2D eigenvalue weighted by atomic mass is 10.0. The summed E-state index contributed by atoms with van der Waals surface area (Å²) in [5.41, 5.74) is 1.43. The molecule has 1 heterocycles. The van der Waals surface area contributed by atoms with E-state index in [0.29, 0.717) is 37.5 Å². The van der Waals surface area contributed by atoms with E-state index in [9.17, 15) is 4.79 Å². The third kappa shape index (κ3) is 4.20. The fraction of sp³-hybridized carbons (Fsp3) is 0.200. The molecule has 30 heavy (non-hydrogen) atoms. The van der Waals surface area contributed by atoms with Crippen LogP contribution in [-0.4, -0.2) is 30.6 Å². The average Bonchev–Trinajstić information content (AvgIpc) is 2.79. The molecule has 5 heteroatoms. The van der Waals surface area contributed by atoms with Gasteiger partial charge in [0.25, 0.3) is 5.91 Å². The van der Waals surface area contributed by atoms with E-state index in [2.05, 4.69) is 10.3 Å². The molecule has 152 valence electrons. The van der Waals surface area contributed by atoms with Crippen LogP contribution < -0.4 is 14.8 Å². The molecule has 0 saturated heterocycles. The Morgan fingerprint density at radius 1 is 0.900 bits per heavy atom. The molecule has 0 radical (unpaired) electrons. The molecule has 0 atom stereocenters. The first-order valence-corrected chi connectivity index (χ1v) is 10.2. The number of amides is 1. The van der Waals surface area contributed by atoms with Crippen LogP contribution in [0.3, 0.4) is 0 Å². The number of carbonyl (C=O) groups is 1. The number of rotatable bonds is 8. The van der Waals surface area contributed by atoms with Crippen LogP contribution in [0.15, 0.2) is 72.9 Å². The summed E-state index contributed by atoms with van der Waals surface area (Å²) in [4.78, 5) is 17.3. The van der Waals surface area contributed by atoms with Crippen LogP contribution in [0.2, 0.25) is 0 Å². The zero-order valence-electron chi connectivity index (χ0n) is 16.9. The van der Waals surface area contributed by atoms with Gasteiger partial charge >= 0.3 is 0 Å². The van der Waals surface area contributed by atoms with Crippen molar-refractivity contribution in [2.45, 2.75) is 13.3 Å². The van der Waals surface area contributed by atoms with Crippen LogP contribution in [0.25, 0.3) is 21.7 Å². The Hall–Kier alpha value is -3.60. The largest absolute Gasteiger partial charge is 0.493 e. The Kier molecular flexibility index (Phi) is 6.09. The molecule has 4 aromatic rings. The van der Waals surface area contributed by atoms with Crippen molar-refractivity contribution in [3.63, 3.8) is 0 Å². The van der Waals surface area contributed by atoms with Gasteiger partial charge in [0.2, 0.25) is 0 Å². The number of benzene rings is 3. The Morgan fingerprint density at radius 2 is 1.73 bits per heavy atom. The minimum absolute atomic E-state index is 0.137. The molecule has 0 aliphatic heterocycles. The molecule has 0 aliphatic carbocycles. The molecule has 0 spiro atoms. The van der Waals surface area contributed by atoms with Crippen molar-refractivity contribution in [2.75, 3.05) is 19.8 Å². The molecule has 0 aliphatic rings. The second-order valence-corrected chi connectivity index (χ2v) is 6.88. The molecular formula is C25H24N2O3. The Morgan fingerprint density at radius 3 is 2.63 bits per heavy atom. The minimum atomic E-state index is -0.137. The van der Waals surface area contributed by atoms with Gasteiger partial charge in [-0.05, 0) is 42.3 Å². The number of pyridine rings is 1. The SMILES string of the molecule is CCOc1ccc2ccccc2c1C(=O)NCCCOc1cccc2cccnc12. The summed E-state index contributed by atoms with van der Waals surface area (Å²) in [7, 11) is 0. The van der Waals surface area contributed by atoms with Crippen molar-refractivity contribution in [1.29, 1.82) is 0 Å². The first-order valence-electron chi connectivity index (χ1n) is 10.2. The highest BCUT2D eigenvalue weighted by Crippen LogP contribution is 2.28. The predicted molar refractivity (Wildman–Crippen MR) is 119 cm³/mol. The van der Waals surface area contributed by atoms with E-state index in [1.807, 2.05) is 73.7 Å². The van der Waals surface area contributed by atoms with Gasteiger partial charge in [-0.15, -0.1) is 0 Å². The number of carbonyl (C=O) groups excluding carboxylic acids is 1. The van der Waals surface area contributed by atoms with Crippen LogP contribution in [0.5, 0.6) is 11.5 Å². The first-order chi connectivity index (χ1) is 14.8. The van der Waals surface area contributed by atoms with Gasteiger partial charge in [-0.3, -0.25) is 9.78 Å². The van der Waals surface area contributed by atoms with E-state index < -0.39 is 0 Å². The van der Waals surface area contributed by atoms with Gasteiger partial charge in [0.05, 0.1) is 18.8 Å². The topological polar surface area (TPSA) is 60.5 Å². The molecule has 5 nitrogen and oxygen atoms in total. The van der Waals surface area contributed by atoms with Crippen LogP contribution in [0.4, 0.5) is 0 Å². The molecule has 0 fully saturated rings. The third-order valence-electron chi connectivity index (χ3n) is 4.88. The predicted octanol–water partition coefficient (Wildman–Crippen LogP) is 4.99. The molecule has 0 saturated carbocycles. The Labute approximate surface area is 175 Å². The number of fused-ring (bicyclic) bond motifs is 2. The molecule has 1 amide bonds. The second-order valence-electron chi connectivity index (χ2n) is 6.88. The molecule has 1 N–H and O–H groups in total. The monoisotopic (exact) mass is 400 g/mol. The zero-order chi connectivity index (χ0) is 20.8. The standard InChI is InChI=1S/C25H24N2O3/c1-2-29-21-14-13-18-8-3-4-11-20(18)23(21)25(28)27-16-7-17-30-22-12-5-9-19-10-6-15-26-24(19)22/h3-6,8-15H,2,7,16-17H2,1H3,(H,27,28). The van der Waals surface area contributed by atoms with Crippen molar-refractivity contribution < 1.29 is 14.3 Å². The van der Waals surface area contributed by atoms with Gasteiger partial charge in [-0.2, -0.15) is 0 Å². The van der Waals surface area contributed by atoms with Crippen molar-refractivity contribution in [2.24, 2.45) is 0 Å². The summed E-state index contributed by atoms with van der Waals surface area (Å²) >= 11 is 0. The third-order valence-corrected chi connectivity index (χ3v) is 4.88.